The SMILES string of the molecule is CCCC(=O)O[C@H]1CCN(Cc2ccccc2)C[C@H]1OC. The largest absolute Gasteiger partial charge is 0.459 e. The van der Waals surface area contributed by atoms with Gasteiger partial charge in [-0.2, -0.15) is 0 Å². The van der Waals surface area contributed by atoms with E-state index < -0.39 is 0 Å². The van der Waals surface area contributed by atoms with E-state index in [0.29, 0.717) is 6.42 Å². The second-order valence-corrected chi connectivity index (χ2v) is 5.56. The molecule has 0 aliphatic carbocycles. The maximum atomic E-state index is 11.7. The Labute approximate surface area is 127 Å². The van der Waals surface area contributed by atoms with Gasteiger partial charge in [0.2, 0.25) is 0 Å². The van der Waals surface area contributed by atoms with Crippen LogP contribution in [0.5, 0.6) is 0 Å². The fourth-order valence-corrected chi connectivity index (χ4v) is 2.74. The van der Waals surface area contributed by atoms with E-state index in [2.05, 4.69) is 29.2 Å². The zero-order valence-electron chi connectivity index (χ0n) is 13.0. The van der Waals surface area contributed by atoms with Crippen LogP contribution in [0.4, 0.5) is 0 Å². The summed E-state index contributed by atoms with van der Waals surface area (Å²) in [6, 6.07) is 10.4. The molecule has 0 unspecified atom stereocenters. The molecule has 1 aliphatic heterocycles. The van der Waals surface area contributed by atoms with E-state index in [9.17, 15) is 4.79 Å². The van der Waals surface area contributed by atoms with Gasteiger partial charge in [0.05, 0.1) is 0 Å². The predicted molar refractivity (Wildman–Crippen MR) is 81.9 cm³/mol. The third-order valence-electron chi connectivity index (χ3n) is 3.87. The number of methoxy groups -OCH3 is 1. The van der Waals surface area contributed by atoms with Gasteiger partial charge in [0.1, 0.15) is 12.2 Å². The first-order valence-corrected chi connectivity index (χ1v) is 7.71. The van der Waals surface area contributed by atoms with Crippen LogP contribution in [0.15, 0.2) is 30.3 Å². The van der Waals surface area contributed by atoms with Crippen molar-refractivity contribution in [1.29, 1.82) is 0 Å². The van der Waals surface area contributed by atoms with Gasteiger partial charge in [0.15, 0.2) is 0 Å². The van der Waals surface area contributed by atoms with Gasteiger partial charge >= 0.3 is 5.97 Å². The number of benzene rings is 1. The van der Waals surface area contributed by atoms with Gasteiger partial charge in [0.25, 0.3) is 0 Å². The second kappa shape index (κ2) is 8.15. The molecule has 1 saturated heterocycles. The smallest absolute Gasteiger partial charge is 0.306 e. The van der Waals surface area contributed by atoms with Gasteiger partial charge in [-0.3, -0.25) is 9.69 Å². The minimum Gasteiger partial charge on any atom is -0.459 e. The van der Waals surface area contributed by atoms with Crippen LogP contribution in [0.3, 0.4) is 0 Å². The lowest BCUT2D eigenvalue weighted by atomic mass is 10.0. The Hall–Kier alpha value is -1.39. The Morgan fingerprint density at radius 3 is 2.71 bits per heavy atom. The summed E-state index contributed by atoms with van der Waals surface area (Å²) in [4.78, 5) is 14.0. The molecule has 1 heterocycles. The number of likely N-dealkylation sites (tertiary alicyclic amines) is 1. The number of carbonyl (C=O) groups is 1. The number of esters is 1. The van der Waals surface area contributed by atoms with Crippen LogP contribution < -0.4 is 0 Å². The maximum absolute atomic E-state index is 11.7. The van der Waals surface area contributed by atoms with Crippen LogP contribution in [-0.2, 0) is 20.8 Å². The van der Waals surface area contributed by atoms with Crippen LogP contribution in [0.2, 0.25) is 0 Å². The van der Waals surface area contributed by atoms with Crippen molar-refractivity contribution in [2.45, 2.75) is 44.9 Å². The minimum atomic E-state index is -0.110. The molecule has 4 heteroatoms. The van der Waals surface area contributed by atoms with Crippen LogP contribution in [0.25, 0.3) is 0 Å². The number of nitrogens with zero attached hydrogens (tertiary/aromatic N) is 1. The number of hydrogen-bond acceptors (Lipinski definition) is 4. The molecule has 1 aromatic carbocycles. The van der Waals surface area contributed by atoms with Crippen LogP contribution >= 0.6 is 0 Å². The molecule has 1 aromatic rings. The summed E-state index contributed by atoms with van der Waals surface area (Å²) in [6.07, 6.45) is 1.99. The highest BCUT2D eigenvalue weighted by atomic mass is 16.6. The Morgan fingerprint density at radius 1 is 1.29 bits per heavy atom. The fourth-order valence-electron chi connectivity index (χ4n) is 2.74. The van der Waals surface area contributed by atoms with Crippen molar-refractivity contribution < 1.29 is 14.3 Å². The summed E-state index contributed by atoms with van der Waals surface area (Å²) >= 11 is 0. The third-order valence-corrected chi connectivity index (χ3v) is 3.87. The van der Waals surface area contributed by atoms with Gasteiger partial charge in [-0.25, -0.2) is 0 Å². The van der Waals surface area contributed by atoms with Gasteiger partial charge < -0.3 is 9.47 Å². The first kappa shape index (κ1) is 16.0. The summed E-state index contributed by atoms with van der Waals surface area (Å²) < 4.78 is 11.1. The molecule has 1 fully saturated rings. The molecular formula is C17H25NO3. The summed E-state index contributed by atoms with van der Waals surface area (Å²) in [5, 5.41) is 0. The van der Waals surface area contributed by atoms with Crippen molar-refractivity contribution in [2.75, 3.05) is 20.2 Å². The molecule has 21 heavy (non-hydrogen) atoms. The van der Waals surface area contributed by atoms with Gasteiger partial charge in [-0.15, -0.1) is 0 Å². The lowest BCUT2D eigenvalue weighted by Crippen LogP contribution is -2.48. The standard InChI is InChI=1S/C17H25NO3/c1-3-7-17(19)21-15-10-11-18(13-16(15)20-2)12-14-8-5-4-6-9-14/h4-6,8-9,15-16H,3,7,10-13H2,1-2H3/t15-,16+/m0/s1. The lowest BCUT2D eigenvalue weighted by Gasteiger charge is -2.37. The topological polar surface area (TPSA) is 38.8 Å². The molecule has 1 aliphatic rings. The van der Waals surface area contributed by atoms with Gasteiger partial charge in [0, 0.05) is 33.2 Å². The predicted octanol–water partition coefficient (Wildman–Crippen LogP) is 2.62. The average Bonchev–Trinajstić information content (AvgIpc) is 2.50. The van der Waals surface area contributed by atoms with E-state index in [1.165, 1.54) is 5.56 Å². The van der Waals surface area contributed by atoms with E-state index in [0.717, 1.165) is 32.5 Å². The third kappa shape index (κ3) is 4.83. The maximum Gasteiger partial charge on any atom is 0.306 e. The Bertz CT molecular complexity index is 435. The Morgan fingerprint density at radius 2 is 2.05 bits per heavy atom. The van der Waals surface area contributed by atoms with Crippen molar-refractivity contribution in [1.82, 2.24) is 4.90 Å². The number of piperidine rings is 1. The first-order chi connectivity index (χ1) is 10.2. The summed E-state index contributed by atoms with van der Waals surface area (Å²) in [7, 11) is 1.69. The zero-order chi connectivity index (χ0) is 15.1. The minimum absolute atomic E-state index is 0.0386. The van der Waals surface area contributed by atoms with Crippen LogP contribution in [-0.4, -0.2) is 43.3 Å². The van der Waals surface area contributed by atoms with Crippen molar-refractivity contribution in [2.24, 2.45) is 0 Å². The van der Waals surface area contributed by atoms with E-state index in [1.54, 1.807) is 7.11 Å². The van der Waals surface area contributed by atoms with E-state index in [4.69, 9.17) is 9.47 Å². The highest BCUT2D eigenvalue weighted by Gasteiger charge is 2.31. The molecule has 2 atom stereocenters. The van der Waals surface area contributed by atoms with E-state index >= 15 is 0 Å². The lowest BCUT2D eigenvalue weighted by molar-refractivity contribution is -0.161. The van der Waals surface area contributed by atoms with E-state index in [1.807, 2.05) is 13.0 Å². The first-order valence-electron chi connectivity index (χ1n) is 7.71. The highest BCUT2D eigenvalue weighted by molar-refractivity contribution is 5.69. The number of ether oxygens (including phenoxy) is 2. The molecule has 0 radical (unpaired) electrons. The normalized spacial score (nSPS) is 23.0. The Balaban J connectivity index is 1.87. The van der Waals surface area contributed by atoms with Gasteiger partial charge in [-0.1, -0.05) is 37.3 Å². The van der Waals surface area contributed by atoms with Crippen molar-refractivity contribution in [3.63, 3.8) is 0 Å². The average molecular weight is 291 g/mol. The molecule has 4 nitrogen and oxygen atoms in total. The van der Waals surface area contributed by atoms with Crippen LogP contribution in [0, 0.1) is 0 Å². The van der Waals surface area contributed by atoms with Crippen molar-refractivity contribution >= 4 is 5.97 Å². The second-order valence-electron chi connectivity index (χ2n) is 5.56. The molecule has 0 amide bonds. The Kier molecular flexibility index (Phi) is 6.21. The van der Waals surface area contributed by atoms with E-state index in [-0.39, 0.29) is 18.2 Å². The number of hydrogen-bond donors (Lipinski definition) is 0. The highest BCUT2D eigenvalue weighted by Crippen LogP contribution is 2.19. The molecule has 116 valence electrons. The molecule has 0 aromatic heterocycles. The van der Waals surface area contributed by atoms with Crippen molar-refractivity contribution in [3.8, 4) is 0 Å². The summed E-state index contributed by atoms with van der Waals surface area (Å²) in [5.41, 5.74) is 1.30. The molecule has 0 spiro atoms. The zero-order valence-corrected chi connectivity index (χ0v) is 13.0. The number of rotatable bonds is 6. The number of carbonyl (C=O) groups excluding carboxylic acids is 1. The molecule has 0 bridgehead atoms. The van der Waals surface area contributed by atoms with Gasteiger partial charge in [-0.05, 0) is 18.4 Å². The molecule has 0 saturated carbocycles. The fraction of sp³-hybridized carbons (Fsp3) is 0.588. The van der Waals surface area contributed by atoms with Crippen molar-refractivity contribution in [3.05, 3.63) is 35.9 Å². The molecular weight excluding hydrogens is 266 g/mol. The molecule has 2 rings (SSSR count). The monoisotopic (exact) mass is 291 g/mol. The van der Waals surface area contributed by atoms with Crippen LogP contribution in [0.1, 0.15) is 31.7 Å². The quantitative estimate of drug-likeness (QED) is 0.755. The summed E-state index contributed by atoms with van der Waals surface area (Å²) in [5.74, 6) is -0.110. The molecule has 0 N–H and O–H groups in total. The summed E-state index contributed by atoms with van der Waals surface area (Å²) in [6.45, 7) is 4.63.